The molecule has 29 heavy (non-hydrogen) atoms. The molecule has 0 aliphatic carbocycles. The Morgan fingerprint density at radius 3 is 2.86 bits per heavy atom. The average molecular weight is 403 g/mol. The van der Waals surface area contributed by atoms with Crippen molar-refractivity contribution in [2.24, 2.45) is 0 Å². The summed E-state index contributed by atoms with van der Waals surface area (Å²) in [5.41, 5.74) is 3.31. The number of hydrogen-bond acceptors (Lipinski definition) is 6. The van der Waals surface area contributed by atoms with Crippen LogP contribution < -0.4 is 10.1 Å². The normalized spacial score (nSPS) is 18.5. The maximum absolute atomic E-state index is 12.0. The summed E-state index contributed by atoms with van der Waals surface area (Å²) in [6.45, 7) is 5.30. The molecule has 1 aromatic rings. The molecule has 1 saturated heterocycles. The highest BCUT2D eigenvalue weighted by atomic mass is 16.5. The zero-order chi connectivity index (χ0) is 21.0. The Labute approximate surface area is 171 Å². The third-order valence-electron chi connectivity index (χ3n) is 5.60. The summed E-state index contributed by atoms with van der Waals surface area (Å²) in [7, 11) is 1.55. The number of ether oxygens (including phenoxy) is 3. The van der Waals surface area contributed by atoms with Crippen LogP contribution in [0.2, 0.25) is 0 Å². The van der Waals surface area contributed by atoms with Crippen LogP contribution >= 0.6 is 0 Å². The van der Waals surface area contributed by atoms with Gasteiger partial charge in [0, 0.05) is 30.7 Å². The van der Waals surface area contributed by atoms with E-state index < -0.39 is 5.97 Å². The summed E-state index contributed by atoms with van der Waals surface area (Å²) in [6, 6.07) is 0. The van der Waals surface area contributed by atoms with E-state index >= 15 is 0 Å². The highest BCUT2D eigenvalue weighted by molar-refractivity contribution is 5.98. The number of cyclic esters (lactones) is 1. The lowest BCUT2D eigenvalue weighted by atomic mass is 9.94. The number of hydrogen-bond donors (Lipinski definition) is 2. The molecule has 1 fully saturated rings. The number of methoxy groups -OCH3 is 1. The predicted molar refractivity (Wildman–Crippen MR) is 107 cm³/mol. The van der Waals surface area contributed by atoms with Gasteiger partial charge in [-0.3, -0.25) is 4.79 Å². The number of phenolic OH excluding ortho intramolecular Hbond substituents is 1. The van der Waals surface area contributed by atoms with Crippen LogP contribution in [0.4, 0.5) is 0 Å². The lowest BCUT2D eigenvalue weighted by Gasteiger charge is -2.15. The van der Waals surface area contributed by atoms with Crippen LogP contribution in [0.15, 0.2) is 11.6 Å². The first-order chi connectivity index (χ1) is 13.9. The minimum atomic E-state index is -0.506. The van der Waals surface area contributed by atoms with E-state index in [1.807, 2.05) is 19.9 Å². The van der Waals surface area contributed by atoms with Crippen molar-refractivity contribution in [1.82, 2.24) is 5.32 Å². The topological polar surface area (TPSA) is 94.1 Å². The molecule has 0 spiro atoms. The fraction of sp³-hybridized carbons (Fsp3) is 0.545. The van der Waals surface area contributed by atoms with Crippen LogP contribution in [-0.2, 0) is 27.3 Å². The molecule has 0 saturated carbocycles. The first-order valence-corrected chi connectivity index (χ1v) is 10.0. The van der Waals surface area contributed by atoms with Gasteiger partial charge < -0.3 is 24.6 Å². The number of carbonyl (C=O) groups excluding carboxylic acids is 2. The molecule has 2 aliphatic rings. The molecule has 7 heteroatoms. The Morgan fingerprint density at radius 1 is 1.38 bits per heavy atom. The molecular formula is C22H29NO6. The highest BCUT2D eigenvalue weighted by Crippen LogP contribution is 2.42. The summed E-state index contributed by atoms with van der Waals surface area (Å²) in [4.78, 5) is 24.0. The molecule has 0 bridgehead atoms. The summed E-state index contributed by atoms with van der Waals surface area (Å²) in [6.07, 6.45) is 5.56. The Hall–Kier alpha value is -2.54. The predicted octanol–water partition coefficient (Wildman–Crippen LogP) is 2.94. The van der Waals surface area contributed by atoms with Crippen molar-refractivity contribution in [2.75, 3.05) is 20.3 Å². The number of esters is 1. The second kappa shape index (κ2) is 9.31. The summed E-state index contributed by atoms with van der Waals surface area (Å²) in [5.74, 6) is -0.0147. The molecule has 1 aromatic carbocycles. The quantitative estimate of drug-likeness (QED) is 0.512. The first-order valence-electron chi connectivity index (χ1n) is 10.0. The van der Waals surface area contributed by atoms with E-state index in [0.717, 1.165) is 30.6 Å². The fourth-order valence-corrected chi connectivity index (χ4v) is 3.84. The maximum atomic E-state index is 12.0. The van der Waals surface area contributed by atoms with Crippen LogP contribution in [0, 0.1) is 6.92 Å². The van der Waals surface area contributed by atoms with Gasteiger partial charge in [-0.15, -0.1) is 0 Å². The molecule has 0 unspecified atom stereocenters. The molecule has 2 aliphatic heterocycles. The van der Waals surface area contributed by atoms with Gasteiger partial charge in [-0.25, -0.2) is 4.79 Å². The molecule has 0 aromatic heterocycles. The van der Waals surface area contributed by atoms with Crippen LogP contribution in [0.5, 0.6) is 11.5 Å². The van der Waals surface area contributed by atoms with Crippen LogP contribution in [0.1, 0.15) is 59.7 Å². The summed E-state index contributed by atoms with van der Waals surface area (Å²) >= 11 is 0. The maximum Gasteiger partial charge on any atom is 0.342 e. The van der Waals surface area contributed by atoms with Crippen molar-refractivity contribution in [3.8, 4) is 11.5 Å². The second-order valence-corrected chi connectivity index (χ2v) is 7.61. The van der Waals surface area contributed by atoms with E-state index in [1.54, 1.807) is 7.11 Å². The van der Waals surface area contributed by atoms with Crippen molar-refractivity contribution in [2.45, 2.75) is 58.7 Å². The Morgan fingerprint density at radius 2 is 2.17 bits per heavy atom. The minimum absolute atomic E-state index is 0.00444. The van der Waals surface area contributed by atoms with Crippen molar-refractivity contribution < 1.29 is 28.9 Å². The Balaban J connectivity index is 1.61. The number of benzene rings is 1. The average Bonchev–Trinajstić information content (AvgIpc) is 3.36. The standard InChI is InChI=1S/C22H29NO6/c1-13(7-9-18(24)23-11-15-5-4-10-28-15)6-8-16-20(25)19-17(12-29-22(19)26)14(2)21(16)27-3/h6,15,25H,4-5,7-12H2,1-3H3,(H,23,24)/b13-6+/t15-/m0/s1. The van der Waals surface area contributed by atoms with E-state index in [1.165, 1.54) is 0 Å². The van der Waals surface area contributed by atoms with Crippen molar-refractivity contribution in [1.29, 1.82) is 0 Å². The largest absolute Gasteiger partial charge is 0.507 e. The van der Waals surface area contributed by atoms with E-state index in [4.69, 9.17) is 14.2 Å². The third-order valence-corrected chi connectivity index (χ3v) is 5.60. The summed E-state index contributed by atoms with van der Waals surface area (Å²) < 4.78 is 16.1. The van der Waals surface area contributed by atoms with Gasteiger partial charge in [0.05, 0.1) is 13.2 Å². The summed E-state index contributed by atoms with van der Waals surface area (Å²) in [5, 5.41) is 13.6. The first kappa shape index (κ1) is 21.2. The zero-order valence-corrected chi connectivity index (χ0v) is 17.3. The van der Waals surface area contributed by atoms with Gasteiger partial charge in [0.2, 0.25) is 5.91 Å². The third kappa shape index (κ3) is 4.72. The van der Waals surface area contributed by atoms with Crippen molar-refractivity contribution >= 4 is 11.9 Å². The molecule has 2 N–H and O–H groups in total. The van der Waals surface area contributed by atoms with Gasteiger partial charge in [-0.1, -0.05) is 11.6 Å². The van der Waals surface area contributed by atoms with E-state index in [0.29, 0.717) is 42.7 Å². The van der Waals surface area contributed by atoms with E-state index in [2.05, 4.69) is 5.32 Å². The van der Waals surface area contributed by atoms with Gasteiger partial charge in [0.1, 0.15) is 23.7 Å². The molecule has 1 atom stereocenters. The van der Waals surface area contributed by atoms with E-state index in [-0.39, 0.29) is 29.9 Å². The molecule has 158 valence electrons. The van der Waals surface area contributed by atoms with Gasteiger partial charge in [-0.05, 0) is 45.1 Å². The molecule has 0 radical (unpaired) electrons. The molecule has 2 heterocycles. The fourth-order valence-electron chi connectivity index (χ4n) is 3.84. The van der Waals surface area contributed by atoms with Gasteiger partial charge >= 0.3 is 5.97 Å². The molecule has 1 amide bonds. The molecule has 7 nitrogen and oxygen atoms in total. The number of carbonyl (C=O) groups is 2. The van der Waals surface area contributed by atoms with Gasteiger partial charge in [0.15, 0.2) is 0 Å². The van der Waals surface area contributed by atoms with E-state index in [9.17, 15) is 14.7 Å². The zero-order valence-electron chi connectivity index (χ0n) is 17.3. The number of phenols is 1. The number of aromatic hydroxyl groups is 1. The number of amides is 1. The van der Waals surface area contributed by atoms with Crippen molar-refractivity contribution in [3.63, 3.8) is 0 Å². The Bertz CT molecular complexity index is 823. The lowest BCUT2D eigenvalue weighted by molar-refractivity contribution is -0.121. The number of allylic oxidation sites excluding steroid dienone is 2. The minimum Gasteiger partial charge on any atom is -0.507 e. The monoisotopic (exact) mass is 403 g/mol. The van der Waals surface area contributed by atoms with Crippen LogP contribution in [-0.4, -0.2) is 43.3 Å². The lowest BCUT2D eigenvalue weighted by Crippen LogP contribution is -2.31. The number of fused-ring (bicyclic) bond motifs is 1. The van der Waals surface area contributed by atoms with Crippen LogP contribution in [0.25, 0.3) is 0 Å². The van der Waals surface area contributed by atoms with Gasteiger partial charge in [-0.2, -0.15) is 0 Å². The Kier molecular flexibility index (Phi) is 6.79. The van der Waals surface area contributed by atoms with Crippen LogP contribution in [0.3, 0.4) is 0 Å². The molecule has 3 rings (SSSR count). The number of nitrogens with one attached hydrogen (secondary N) is 1. The van der Waals surface area contributed by atoms with Crippen molar-refractivity contribution in [3.05, 3.63) is 33.9 Å². The molecular weight excluding hydrogens is 374 g/mol. The van der Waals surface area contributed by atoms with Gasteiger partial charge in [0.25, 0.3) is 0 Å². The highest BCUT2D eigenvalue weighted by Gasteiger charge is 2.31. The number of rotatable bonds is 8. The smallest absolute Gasteiger partial charge is 0.342 e. The SMILES string of the molecule is COc1c(C)c2c(c(O)c1C/C=C(\C)CCC(=O)NC[C@@H]1CCCO1)C(=O)OC2. The second-order valence-electron chi connectivity index (χ2n) is 7.61.